The maximum absolute atomic E-state index is 6.08. The van der Waals surface area contributed by atoms with Gasteiger partial charge in [0.05, 0.1) is 6.20 Å². The van der Waals surface area contributed by atoms with Gasteiger partial charge in [0.25, 0.3) is 0 Å². The van der Waals surface area contributed by atoms with E-state index in [9.17, 15) is 0 Å². The van der Waals surface area contributed by atoms with E-state index in [1.807, 2.05) is 6.92 Å². The standard InChI is InChI=1S/C12H19ClN4/c1-3-14-12-15-7-10(13)11(17-12)16-8(2)6-9-4-5-9/h7-9H,3-6H2,1-2H3,(H2,14,15,16,17). The van der Waals surface area contributed by atoms with Crippen LogP contribution in [0.4, 0.5) is 11.8 Å². The second-order valence-electron chi connectivity index (χ2n) is 4.64. The summed E-state index contributed by atoms with van der Waals surface area (Å²) in [6.45, 7) is 4.99. The van der Waals surface area contributed by atoms with Crippen molar-refractivity contribution in [1.82, 2.24) is 9.97 Å². The van der Waals surface area contributed by atoms with Crippen LogP contribution < -0.4 is 10.6 Å². The minimum Gasteiger partial charge on any atom is -0.366 e. The first-order valence-corrected chi connectivity index (χ1v) is 6.59. The highest BCUT2D eigenvalue weighted by Gasteiger charge is 2.23. The van der Waals surface area contributed by atoms with Gasteiger partial charge in [0.2, 0.25) is 5.95 Å². The summed E-state index contributed by atoms with van der Waals surface area (Å²) in [5, 5.41) is 7.02. The largest absolute Gasteiger partial charge is 0.366 e. The quantitative estimate of drug-likeness (QED) is 0.819. The zero-order valence-corrected chi connectivity index (χ0v) is 11.1. The Balaban J connectivity index is 1.99. The summed E-state index contributed by atoms with van der Waals surface area (Å²) in [5.41, 5.74) is 0. The fourth-order valence-corrected chi connectivity index (χ4v) is 2.00. The van der Waals surface area contributed by atoms with E-state index in [-0.39, 0.29) is 0 Å². The molecule has 0 aliphatic heterocycles. The second kappa shape index (κ2) is 5.54. The van der Waals surface area contributed by atoms with Crippen molar-refractivity contribution in [1.29, 1.82) is 0 Å². The monoisotopic (exact) mass is 254 g/mol. The third kappa shape index (κ3) is 3.73. The van der Waals surface area contributed by atoms with Gasteiger partial charge in [-0.15, -0.1) is 0 Å². The van der Waals surface area contributed by atoms with Gasteiger partial charge < -0.3 is 10.6 Å². The topological polar surface area (TPSA) is 49.8 Å². The first kappa shape index (κ1) is 12.4. The van der Waals surface area contributed by atoms with E-state index in [0.717, 1.165) is 18.3 Å². The van der Waals surface area contributed by atoms with Gasteiger partial charge in [-0.2, -0.15) is 4.98 Å². The van der Waals surface area contributed by atoms with Gasteiger partial charge in [0.15, 0.2) is 5.82 Å². The Morgan fingerprint density at radius 3 is 2.94 bits per heavy atom. The second-order valence-corrected chi connectivity index (χ2v) is 5.05. The Hall–Kier alpha value is -1.03. The predicted molar refractivity (Wildman–Crippen MR) is 71.6 cm³/mol. The Kier molecular flexibility index (Phi) is 4.05. The molecule has 1 unspecified atom stereocenters. The van der Waals surface area contributed by atoms with Crippen LogP contribution in [0.3, 0.4) is 0 Å². The summed E-state index contributed by atoms with van der Waals surface area (Å²) in [6, 6.07) is 0.407. The smallest absolute Gasteiger partial charge is 0.224 e. The van der Waals surface area contributed by atoms with Crippen LogP contribution in [-0.2, 0) is 0 Å². The van der Waals surface area contributed by atoms with Gasteiger partial charge in [0.1, 0.15) is 5.02 Å². The highest BCUT2D eigenvalue weighted by Crippen LogP contribution is 2.34. The average molecular weight is 255 g/mol. The molecule has 1 aromatic rings. The molecule has 1 heterocycles. The van der Waals surface area contributed by atoms with Crippen molar-refractivity contribution in [2.24, 2.45) is 5.92 Å². The molecule has 0 amide bonds. The molecular weight excluding hydrogens is 236 g/mol. The molecule has 0 spiro atoms. The molecule has 1 atom stereocenters. The summed E-state index contributed by atoms with van der Waals surface area (Å²) in [6.07, 6.45) is 5.56. The van der Waals surface area contributed by atoms with Gasteiger partial charge in [-0.05, 0) is 26.2 Å². The van der Waals surface area contributed by atoms with Crippen LogP contribution in [0, 0.1) is 5.92 Å². The molecule has 1 aliphatic carbocycles. The Bertz CT molecular complexity index is 379. The van der Waals surface area contributed by atoms with Gasteiger partial charge in [-0.1, -0.05) is 24.4 Å². The van der Waals surface area contributed by atoms with E-state index in [2.05, 4.69) is 27.5 Å². The van der Waals surface area contributed by atoms with E-state index in [4.69, 9.17) is 11.6 Å². The van der Waals surface area contributed by atoms with Crippen LogP contribution >= 0.6 is 11.6 Å². The molecule has 0 radical (unpaired) electrons. The van der Waals surface area contributed by atoms with E-state index in [1.54, 1.807) is 6.20 Å². The van der Waals surface area contributed by atoms with Gasteiger partial charge in [-0.25, -0.2) is 4.98 Å². The molecule has 4 nitrogen and oxygen atoms in total. The van der Waals surface area contributed by atoms with E-state index >= 15 is 0 Å². The number of anilines is 2. The third-order valence-corrected chi connectivity index (χ3v) is 3.12. The van der Waals surface area contributed by atoms with Crippen molar-refractivity contribution in [3.63, 3.8) is 0 Å². The maximum Gasteiger partial charge on any atom is 0.224 e. The van der Waals surface area contributed by atoms with Crippen LogP contribution in [0.25, 0.3) is 0 Å². The first-order valence-electron chi connectivity index (χ1n) is 6.22. The van der Waals surface area contributed by atoms with Crippen LogP contribution in [0.5, 0.6) is 0 Å². The zero-order chi connectivity index (χ0) is 12.3. The molecule has 1 fully saturated rings. The Morgan fingerprint density at radius 2 is 2.29 bits per heavy atom. The number of hydrogen-bond donors (Lipinski definition) is 2. The van der Waals surface area contributed by atoms with Crippen LogP contribution in [0.2, 0.25) is 5.02 Å². The molecule has 1 saturated carbocycles. The molecule has 0 saturated heterocycles. The maximum atomic E-state index is 6.08. The number of hydrogen-bond acceptors (Lipinski definition) is 4. The molecule has 0 bridgehead atoms. The Morgan fingerprint density at radius 1 is 1.53 bits per heavy atom. The minimum atomic E-state index is 0.407. The van der Waals surface area contributed by atoms with Crippen molar-refractivity contribution in [3.8, 4) is 0 Å². The molecular formula is C12H19ClN4. The van der Waals surface area contributed by atoms with Gasteiger partial charge in [0, 0.05) is 12.6 Å². The molecule has 1 aromatic heterocycles. The third-order valence-electron chi connectivity index (χ3n) is 2.85. The van der Waals surface area contributed by atoms with Crippen molar-refractivity contribution in [3.05, 3.63) is 11.2 Å². The lowest BCUT2D eigenvalue weighted by Crippen LogP contribution is -2.17. The lowest BCUT2D eigenvalue weighted by molar-refractivity contribution is 0.640. The number of aromatic nitrogens is 2. The van der Waals surface area contributed by atoms with Crippen molar-refractivity contribution in [2.75, 3.05) is 17.2 Å². The number of nitrogens with zero attached hydrogens (tertiary/aromatic N) is 2. The lowest BCUT2D eigenvalue weighted by Gasteiger charge is -2.15. The summed E-state index contributed by atoms with van der Waals surface area (Å²) in [7, 11) is 0. The number of nitrogens with one attached hydrogen (secondary N) is 2. The number of halogens is 1. The lowest BCUT2D eigenvalue weighted by atomic mass is 10.1. The van der Waals surface area contributed by atoms with Crippen molar-refractivity contribution >= 4 is 23.4 Å². The zero-order valence-electron chi connectivity index (χ0n) is 10.3. The number of rotatable bonds is 6. The van der Waals surface area contributed by atoms with E-state index in [1.165, 1.54) is 19.3 Å². The van der Waals surface area contributed by atoms with Crippen LogP contribution in [0.15, 0.2) is 6.20 Å². The van der Waals surface area contributed by atoms with E-state index in [0.29, 0.717) is 17.0 Å². The molecule has 2 rings (SSSR count). The molecule has 1 aliphatic rings. The summed E-state index contributed by atoms with van der Waals surface area (Å²) < 4.78 is 0. The Labute approximate surface area is 107 Å². The highest BCUT2D eigenvalue weighted by atomic mass is 35.5. The summed E-state index contributed by atoms with van der Waals surface area (Å²) >= 11 is 6.08. The summed E-state index contributed by atoms with van der Waals surface area (Å²) in [4.78, 5) is 8.48. The van der Waals surface area contributed by atoms with Crippen molar-refractivity contribution < 1.29 is 0 Å². The fourth-order valence-electron chi connectivity index (χ4n) is 1.86. The summed E-state index contributed by atoms with van der Waals surface area (Å²) in [5.74, 6) is 2.25. The average Bonchev–Trinajstić information content (AvgIpc) is 3.07. The minimum absolute atomic E-state index is 0.407. The van der Waals surface area contributed by atoms with Crippen molar-refractivity contribution in [2.45, 2.75) is 39.2 Å². The molecule has 5 heteroatoms. The van der Waals surface area contributed by atoms with Crippen LogP contribution in [0.1, 0.15) is 33.1 Å². The molecule has 0 aromatic carbocycles. The van der Waals surface area contributed by atoms with Gasteiger partial charge in [-0.3, -0.25) is 0 Å². The predicted octanol–water partition coefficient (Wildman–Crippen LogP) is 3.16. The molecule has 94 valence electrons. The normalized spacial score (nSPS) is 16.6. The molecule has 2 N–H and O–H groups in total. The first-order chi connectivity index (χ1) is 8.19. The molecule has 17 heavy (non-hydrogen) atoms. The van der Waals surface area contributed by atoms with Gasteiger partial charge >= 0.3 is 0 Å². The van der Waals surface area contributed by atoms with Crippen LogP contribution in [-0.4, -0.2) is 22.6 Å². The highest BCUT2D eigenvalue weighted by molar-refractivity contribution is 6.32. The fraction of sp³-hybridized carbons (Fsp3) is 0.667. The SMILES string of the molecule is CCNc1ncc(Cl)c(NC(C)CC2CC2)n1. The van der Waals surface area contributed by atoms with E-state index < -0.39 is 0 Å².